The summed E-state index contributed by atoms with van der Waals surface area (Å²) in [4.78, 5) is 16.1. The highest BCUT2D eigenvalue weighted by Gasteiger charge is 2.25. The second kappa shape index (κ2) is 8.93. The topological polar surface area (TPSA) is 54.0 Å². The average molecular weight is 400 g/mol. The van der Waals surface area contributed by atoms with E-state index in [-0.39, 0.29) is 5.97 Å². The highest BCUT2D eigenvalue weighted by Crippen LogP contribution is 2.24. The lowest BCUT2D eigenvalue weighted by molar-refractivity contribution is 0.0601. The van der Waals surface area contributed by atoms with Crippen molar-refractivity contribution in [3.63, 3.8) is 0 Å². The molecule has 0 saturated carbocycles. The van der Waals surface area contributed by atoms with Crippen LogP contribution in [0, 0.1) is 0 Å². The minimum atomic E-state index is -0.349. The Morgan fingerprint density at radius 2 is 1.75 bits per heavy atom. The van der Waals surface area contributed by atoms with Crippen LogP contribution in [-0.2, 0) is 4.74 Å². The smallest absolute Gasteiger partial charge is 0.337 e. The number of thiocarbonyl (C=S) groups is 1. The van der Waals surface area contributed by atoms with Crippen molar-refractivity contribution in [3.8, 4) is 5.75 Å². The normalized spacial score (nSPS) is 16.5. The van der Waals surface area contributed by atoms with Gasteiger partial charge in [-0.25, -0.2) is 4.79 Å². The number of hydrogen-bond acceptors (Lipinski definition) is 5. The van der Waals surface area contributed by atoms with Crippen molar-refractivity contribution in [3.05, 3.63) is 54.1 Å². The van der Waals surface area contributed by atoms with Crippen molar-refractivity contribution in [2.24, 2.45) is 0 Å². The molecule has 28 heavy (non-hydrogen) atoms. The van der Waals surface area contributed by atoms with E-state index in [0.717, 1.165) is 31.1 Å². The molecule has 0 bridgehead atoms. The molecule has 1 fully saturated rings. The summed E-state index contributed by atoms with van der Waals surface area (Å²) in [5.41, 5.74) is 2.55. The molecule has 0 aliphatic carbocycles. The number of hydrogen-bond donors (Lipinski definition) is 1. The third-order valence-electron chi connectivity index (χ3n) is 4.88. The zero-order chi connectivity index (χ0) is 20.1. The number of rotatable bonds is 4. The van der Waals surface area contributed by atoms with E-state index < -0.39 is 0 Å². The van der Waals surface area contributed by atoms with Gasteiger partial charge in [0.15, 0.2) is 5.11 Å². The number of benzene rings is 2. The molecule has 148 valence electrons. The van der Waals surface area contributed by atoms with E-state index in [9.17, 15) is 4.79 Å². The fraction of sp³-hybridized carbons (Fsp3) is 0.333. The first kappa shape index (κ1) is 19.9. The van der Waals surface area contributed by atoms with Crippen LogP contribution in [0.3, 0.4) is 0 Å². The molecule has 0 aromatic heterocycles. The number of carbonyl (C=O) groups is 1. The SMILES string of the molecule is COC(=O)c1ccc(NC(=S)N2CCN(c3ccc(OC)cc3)C(C)C2)cc1. The molecule has 2 aromatic rings. The molecular weight excluding hydrogens is 374 g/mol. The Labute approximate surface area is 171 Å². The first-order valence-electron chi connectivity index (χ1n) is 9.17. The summed E-state index contributed by atoms with van der Waals surface area (Å²) in [6, 6.07) is 15.6. The Morgan fingerprint density at radius 1 is 1.07 bits per heavy atom. The molecule has 1 aliphatic heterocycles. The van der Waals surface area contributed by atoms with Gasteiger partial charge in [0.1, 0.15) is 5.75 Å². The Balaban J connectivity index is 1.58. The molecule has 0 amide bonds. The van der Waals surface area contributed by atoms with Gasteiger partial charge in [-0.2, -0.15) is 0 Å². The number of nitrogens with one attached hydrogen (secondary N) is 1. The van der Waals surface area contributed by atoms with Crippen LogP contribution in [0.5, 0.6) is 5.75 Å². The summed E-state index contributed by atoms with van der Waals surface area (Å²) in [6.07, 6.45) is 0. The van der Waals surface area contributed by atoms with Gasteiger partial charge in [-0.3, -0.25) is 0 Å². The molecule has 1 saturated heterocycles. The summed E-state index contributed by atoms with van der Waals surface area (Å²) < 4.78 is 9.96. The Kier molecular flexibility index (Phi) is 6.36. The van der Waals surface area contributed by atoms with E-state index in [1.54, 1.807) is 19.2 Å². The van der Waals surface area contributed by atoms with Gasteiger partial charge in [0, 0.05) is 37.1 Å². The molecule has 0 spiro atoms. The van der Waals surface area contributed by atoms with Crippen LogP contribution in [0.2, 0.25) is 0 Å². The summed E-state index contributed by atoms with van der Waals surface area (Å²) in [5.74, 6) is 0.510. The highest BCUT2D eigenvalue weighted by atomic mass is 32.1. The number of ether oxygens (including phenoxy) is 2. The van der Waals surface area contributed by atoms with Crippen LogP contribution in [0.15, 0.2) is 48.5 Å². The summed E-state index contributed by atoms with van der Waals surface area (Å²) in [7, 11) is 3.05. The van der Waals surface area contributed by atoms with Gasteiger partial charge in [-0.15, -0.1) is 0 Å². The van der Waals surface area contributed by atoms with E-state index in [0.29, 0.717) is 16.7 Å². The molecule has 1 atom stereocenters. The fourth-order valence-corrected chi connectivity index (χ4v) is 3.59. The Hall–Kier alpha value is -2.80. The maximum atomic E-state index is 11.5. The van der Waals surface area contributed by atoms with Gasteiger partial charge < -0.3 is 24.6 Å². The third kappa shape index (κ3) is 4.54. The van der Waals surface area contributed by atoms with Gasteiger partial charge in [-0.1, -0.05) is 0 Å². The number of methoxy groups -OCH3 is 2. The summed E-state index contributed by atoms with van der Waals surface area (Å²) in [5, 5.41) is 3.94. The van der Waals surface area contributed by atoms with E-state index in [4.69, 9.17) is 21.7 Å². The lowest BCUT2D eigenvalue weighted by Gasteiger charge is -2.42. The van der Waals surface area contributed by atoms with Crippen LogP contribution in [0.25, 0.3) is 0 Å². The lowest BCUT2D eigenvalue weighted by atomic mass is 10.1. The van der Waals surface area contributed by atoms with Crippen molar-refractivity contribution < 1.29 is 14.3 Å². The number of carbonyl (C=O) groups excluding carboxylic acids is 1. The summed E-state index contributed by atoms with van der Waals surface area (Å²) >= 11 is 5.59. The zero-order valence-electron chi connectivity index (χ0n) is 16.3. The van der Waals surface area contributed by atoms with Crippen molar-refractivity contribution in [1.29, 1.82) is 0 Å². The Bertz CT molecular complexity index is 824. The van der Waals surface area contributed by atoms with Crippen LogP contribution in [-0.4, -0.2) is 55.9 Å². The quantitative estimate of drug-likeness (QED) is 0.625. The minimum absolute atomic E-state index is 0.323. The zero-order valence-corrected chi connectivity index (χ0v) is 17.2. The van der Waals surface area contributed by atoms with Crippen molar-refractivity contribution >= 4 is 34.7 Å². The predicted octanol–water partition coefficient (Wildman–Crippen LogP) is 3.39. The predicted molar refractivity (Wildman–Crippen MR) is 115 cm³/mol. The van der Waals surface area contributed by atoms with E-state index in [1.165, 1.54) is 12.8 Å². The number of esters is 1. The maximum absolute atomic E-state index is 11.5. The largest absolute Gasteiger partial charge is 0.497 e. The number of piperazine rings is 1. The van der Waals surface area contributed by atoms with Crippen molar-refractivity contribution in [1.82, 2.24) is 4.90 Å². The fourth-order valence-electron chi connectivity index (χ4n) is 3.31. The van der Waals surface area contributed by atoms with Gasteiger partial charge >= 0.3 is 5.97 Å². The van der Waals surface area contributed by atoms with Crippen molar-refractivity contribution in [2.75, 3.05) is 44.1 Å². The average Bonchev–Trinajstić information content (AvgIpc) is 2.73. The molecule has 7 heteroatoms. The molecule has 1 heterocycles. The standard InChI is InChI=1S/C21H25N3O3S/c1-15-14-23(12-13-24(15)18-8-10-19(26-2)11-9-18)21(28)22-17-6-4-16(5-7-17)20(25)27-3/h4-11,15H,12-14H2,1-3H3,(H,22,28). The van der Waals surface area contributed by atoms with Crippen LogP contribution in [0.4, 0.5) is 11.4 Å². The molecule has 0 radical (unpaired) electrons. The first-order valence-corrected chi connectivity index (χ1v) is 9.57. The van der Waals surface area contributed by atoms with Crippen molar-refractivity contribution in [2.45, 2.75) is 13.0 Å². The molecule has 1 aliphatic rings. The second-order valence-electron chi connectivity index (χ2n) is 6.69. The second-order valence-corrected chi connectivity index (χ2v) is 7.07. The molecule has 1 unspecified atom stereocenters. The third-order valence-corrected chi connectivity index (χ3v) is 5.24. The van der Waals surface area contributed by atoms with Crippen LogP contribution in [0.1, 0.15) is 17.3 Å². The van der Waals surface area contributed by atoms with E-state index >= 15 is 0 Å². The first-order chi connectivity index (χ1) is 13.5. The number of anilines is 2. The Morgan fingerprint density at radius 3 is 2.32 bits per heavy atom. The molecule has 6 nitrogen and oxygen atoms in total. The highest BCUT2D eigenvalue weighted by molar-refractivity contribution is 7.80. The van der Waals surface area contributed by atoms with E-state index in [2.05, 4.69) is 34.2 Å². The van der Waals surface area contributed by atoms with Crippen LogP contribution >= 0.6 is 12.2 Å². The van der Waals surface area contributed by atoms with Gasteiger partial charge in [0.05, 0.1) is 19.8 Å². The molecule has 1 N–H and O–H groups in total. The molecule has 2 aromatic carbocycles. The van der Waals surface area contributed by atoms with Gasteiger partial charge in [-0.05, 0) is 67.7 Å². The van der Waals surface area contributed by atoms with Gasteiger partial charge in [0.2, 0.25) is 0 Å². The summed E-state index contributed by atoms with van der Waals surface area (Å²) in [6.45, 7) is 4.75. The van der Waals surface area contributed by atoms with Gasteiger partial charge in [0.25, 0.3) is 0 Å². The minimum Gasteiger partial charge on any atom is -0.497 e. The number of nitrogens with zero attached hydrogens (tertiary/aromatic N) is 2. The van der Waals surface area contributed by atoms with E-state index in [1.807, 2.05) is 24.3 Å². The lowest BCUT2D eigenvalue weighted by Crippen LogP contribution is -2.54. The maximum Gasteiger partial charge on any atom is 0.337 e. The monoisotopic (exact) mass is 399 g/mol. The molecule has 3 rings (SSSR count). The molecular formula is C21H25N3O3S. The van der Waals surface area contributed by atoms with Crippen LogP contribution < -0.4 is 15.0 Å².